The van der Waals surface area contributed by atoms with E-state index in [9.17, 15) is 9.59 Å². The van der Waals surface area contributed by atoms with Crippen molar-refractivity contribution in [2.24, 2.45) is 5.73 Å². The van der Waals surface area contributed by atoms with E-state index in [1.807, 2.05) is 25.1 Å². The molecule has 1 aliphatic heterocycles. The summed E-state index contributed by atoms with van der Waals surface area (Å²) in [6, 6.07) is 12.7. The molecule has 0 saturated carbocycles. The molecule has 0 saturated heterocycles. The summed E-state index contributed by atoms with van der Waals surface area (Å²) in [6.45, 7) is 2.06. The summed E-state index contributed by atoms with van der Waals surface area (Å²) in [5.41, 5.74) is 8.22. The number of anilines is 1. The summed E-state index contributed by atoms with van der Waals surface area (Å²) in [4.78, 5) is 25.6. The van der Waals surface area contributed by atoms with Crippen LogP contribution >= 0.6 is 27.3 Å². The van der Waals surface area contributed by atoms with Gasteiger partial charge in [0, 0.05) is 21.3 Å². The Labute approximate surface area is 179 Å². The molecule has 2 heterocycles. The highest BCUT2D eigenvalue weighted by molar-refractivity contribution is 9.10. The molecule has 6 nitrogen and oxygen atoms in total. The van der Waals surface area contributed by atoms with E-state index < -0.39 is 5.91 Å². The number of hydrogen-bond donors (Lipinski definition) is 2. The number of benzene rings is 2. The molecule has 0 unspecified atom stereocenters. The molecule has 0 atom stereocenters. The van der Waals surface area contributed by atoms with Crippen molar-refractivity contribution in [2.75, 3.05) is 12.1 Å². The van der Waals surface area contributed by atoms with Crippen molar-refractivity contribution in [3.05, 3.63) is 74.1 Å². The van der Waals surface area contributed by atoms with Gasteiger partial charge in [0.05, 0.1) is 5.56 Å². The third-order valence-corrected chi connectivity index (χ3v) is 6.36. The molecule has 29 heavy (non-hydrogen) atoms. The number of halogens is 1. The molecular formula is C21H17BrN2O4S. The monoisotopic (exact) mass is 472 g/mol. The zero-order valence-corrected chi connectivity index (χ0v) is 17.9. The molecule has 3 aromatic rings. The smallest absolute Gasteiger partial charge is 0.256 e. The average molecular weight is 473 g/mol. The fourth-order valence-corrected chi connectivity index (χ4v) is 4.63. The SMILES string of the molecule is Cc1c(Cc2ccc3c(c2)OCO3)sc(NC(=O)c2ccc(Br)cc2)c1C(N)=O. The van der Waals surface area contributed by atoms with Crippen LogP contribution in [0, 0.1) is 6.92 Å². The summed E-state index contributed by atoms with van der Waals surface area (Å²) in [5.74, 6) is 0.560. The maximum Gasteiger partial charge on any atom is 0.256 e. The van der Waals surface area contributed by atoms with Gasteiger partial charge in [0.2, 0.25) is 6.79 Å². The van der Waals surface area contributed by atoms with E-state index in [0.717, 1.165) is 26.2 Å². The van der Waals surface area contributed by atoms with Gasteiger partial charge in [-0.2, -0.15) is 0 Å². The number of rotatable bonds is 5. The van der Waals surface area contributed by atoms with Crippen molar-refractivity contribution in [1.29, 1.82) is 0 Å². The van der Waals surface area contributed by atoms with Crippen LogP contribution in [0.2, 0.25) is 0 Å². The number of hydrogen-bond acceptors (Lipinski definition) is 5. The standard InChI is InChI=1S/C21H17BrN2O4S/c1-11-17(9-12-2-7-15-16(8-12)28-10-27-15)29-21(18(11)19(23)25)24-20(26)13-3-5-14(22)6-4-13/h2-8H,9-10H2,1H3,(H2,23,25)(H,24,26). The first-order valence-electron chi connectivity index (χ1n) is 8.80. The summed E-state index contributed by atoms with van der Waals surface area (Å²) in [5, 5.41) is 3.29. The summed E-state index contributed by atoms with van der Waals surface area (Å²) in [6.07, 6.45) is 0.585. The van der Waals surface area contributed by atoms with E-state index in [0.29, 0.717) is 28.3 Å². The lowest BCUT2D eigenvalue weighted by atomic mass is 10.1. The van der Waals surface area contributed by atoms with Crippen molar-refractivity contribution in [3.8, 4) is 11.5 Å². The maximum absolute atomic E-state index is 12.6. The number of ether oxygens (including phenoxy) is 2. The number of nitrogens with one attached hydrogen (secondary N) is 1. The number of nitrogens with two attached hydrogens (primary N) is 1. The molecule has 0 bridgehead atoms. The number of amides is 2. The number of carbonyl (C=O) groups excluding carboxylic acids is 2. The molecule has 1 aliphatic rings. The normalized spacial score (nSPS) is 12.1. The minimum absolute atomic E-state index is 0.217. The van der Waals surface area contributed by atoms with Gasteiger partial charge in [0.25, 0.3) is 11.8 Å². The Bertz CT molecular complexity index is 1110. The Morgan fingerprint density at radius 2 is 1.86 bits per heavy atom. The number of carbonyl (C=O) groups is 2. The van der Waals surface area contributed by atoms with Crippen molar-refractivity contribution in [1.82, 2.24) is 0 Å². The quantitative estimate of drug-likeness (QED) is 0.572. The molecule has 4 rings (SSSR count). The highest BCUT2D eigenvalue weighted by atomic mass is 79.9. The zero-order chi connectivity index (χ0) is 20.5. The summed E-state index contributed by atoms with van der Waals surface area (Å²) in [7, 11) is 0. The minimum atomic E-state index is -0.568. The lowest BCUT2D eigenvalue weighted by Gasteiger charge is -2.05. The Morgan fingerprint density at radius 3 is 2.59 bits per heavy atom. The highest BCUT2D eigenvalue weighted by Gasteiger charge is 2.22. The molecule has 2 amide bonds. The third-order valence-electron chi connectivity index (χ3n) is 4.63. The predicted molar refractivity (Wildman–Crippen MR) is 115 cm³/mol. The van der Waals surface area contributed by atoms with Gasteiger partial charge in [-0.25, -0.2) is 0 Å². The number of thiophene rings is 1. The molecular weight excluding hydrogens is 456 g/mol. The van der Waals surface area contributed by atoms with Crippen LogP contribution in [0.15, 0.2) is 46.9 Å². The van der Waals surface area contributed by atoms with Crippen LogP contribution in [0.5, 0.6) is 11.5 Å². The first-order chi connectivity index (χ1) is 13.9. The van der Waals surface area contributed by atoms with Crippen LogP contribution in [0.25, 0.3) is 0 Å². The Kier molecular flexibility index (Phi) is 5.29. The van der Waals surface area contributed by atoms with Crippen molar-refractivity contribution < 1.29 is 19.1 Å². The first-order valence-corrected chi connectivity index (χ1v) is 10.4. The van der Waals surface area contributed by atoms with E-state index in [4.69, 9.17) is 15.2 Å². The van der Waals surface area contributed by atoms with E-state index in [2.05, 4.69) is 21.2 Å². The van der Waals surface area contributed by atoms with E-state index in [1.54, 1.807) is 24.3 Å². The average Bonchev–Trinajstić information content (AvgIpc) is 3.26. The van der Waals surface area contributed by atoms with Gasteiger partial charge in [-0.15, -0.1) is 11.3 Å². The van der Waals surface area contributed by atoms with Gasteiger partial charge in [0.1, 0.15) is 5.00 Å². The van der Waals surface area contributed by atoms with Crippen LogP contribution in [0.1, 0.15) is 36.7 Å². The molecule has 148 valence electrons. The molecule has 2 aromatic carbocycles. The van der Waals surface area contributed by atoms with Crippen molar-refractivity contribution in [2.45, 2.75) is 13.3 Å². The van der Waals surface area contributed by atoms with Crippen molar-refractivity contribution in [3.63, 3.8) is 0 Å². The van der Waals surface area contributed by atoms with Crippen molar-refractivity contribution >= 4 is 44.1 Å². The largest absolute Gasteiger partial charge is 0.454 e. The van der Waals surface area contributed by atoms with E-state index in [1.165, 1.54) is 11.3 Å². The highest BCUT2D eigenvalue weighted by Crippen LogP contribution is 2.37. The van der Waals surface area contributed by atoms with Gasteiger partial charge >= 0.3 is 0 Å². The van der Waals surface area contributed by atoms with Gasteiger partial charge in [-0.3, -0.25) is 9.59 Å². The molecule has 0 aliphatic carbocycles. The summed E-state index contributed by atoms with van der Waals surface area (Å²) < 4.78 is 11.7. The van der Waals surface area contributed by atoms with Gasteiger partial charge in [-0.1, -0.05) is 22.0 Å². The van der Waals surface area contributed by atoms with Crippen LogP contribution in [0.3, 0.4) is 0 Å². The van der Waals surface area contributed by atoms with Gasteiger partial charge < -0.3 is 20.5 Å². The van der Waals surface area contributed by atoms with Gasteiger partial charge in [0.15, 0.2) is 11.5 Å². The Morgan fingerprint density at radius 1 is 1.14 bits per heavy atom. The molecule has 0 radical (unpaired) electrons. The van der Waals surface area contributed by atoms with E-state index in [-0.39, 0.29) is 12.7 Å². The molecule has 1 aromatic heterocycles. The Hall–Kier alpha value is -2.84. The number of primary amides is 1. The molecule has 0 fully saturated rings. The maximum atomic E-state index is 12.6. The van der Waals surface area contributed by atoms with Crippen LogP contribution in [0.4, 0.5) is 5.00 Å². The second kappa shape index (κ2) is 7.88. The third kappa shape index (κ3) is 3.99. The molecule has 3 N–H and O–H groups in total. The predicted octanol–water partition coefficient (Wildman–Crippen LogP) is 4.49. The summed E-state index contributed by atoms with van der Waals surface area (Å²) >= 11 is 4.70. The fourth-order valence-electron chi connectivity index (χ4n) is 3.13. The lowest BCUT2D eigenvalue weighted by molar-refractivity contribution is 0.100. The second-order valence-electron chi connectivity index (χ2n) is 6.54. The first kappa shape index (κ1) is 19.5. The van der Waals surface area contributed by atoms with Crippen LogP contribution in [-0.2, 0) is 6.42 Å². The minimum Gasteiger partial charge on any atom is -0.454 e. The van der Waals surface area contributed by atoms with Gasteiger partial charge in [-0.05, 0) is 54.4 Å². The van der Waals surface area contributed by atoms with Crippen LogP contribution in [-0.4, -0.2) is 18.6 Å². The van der Waals surface area contributed by atoms with E-state index >= 15 is 0 Å². The molecule has 8 heteroatoms. The van der Waals surface area contributed by atoms with Crippen LogP contribution < -0.4 is 20.5 Å². The zero-order valence-electron chi connectivity index (χ0n) is 15.5. The number of fused-ring (bicyclic) bond motifs is 1. The topological polar surface area (TPSA) is 90.7 Å². The Balaban J connectivity index is 1.62. The fraction of sp³-hybridized carbons (Fsp3) is 0.143. The lowest BCUT2D eigenvalue weighted by Crippen LogP contribution is -2.17. The second-order valence-corrected chi connectivity index (χ2v) is 8.56. The molecule has 0 spiro atoms.